The van der Waals surface area contributed by atoms with Crippen LogP contribution in [0.1, 0.15) is 32.1 Å². The van der Waals surface area contributed by atoms with Crippen LogP contribution in [0.3, 0.4) is 0 Å². The van der Waals surface area contributed by atoms with E-state index in [0.717, 1.165) is 11.9 Å². The average molecular weight is 332 g/mol. The van der Waals surface area contributed by atoms with E-state index < -0.39 is 11.8 Å². The maximum atomic E-state index is 13.2. The standard InChI is InChI=1S/C16H17FN4O3/c1-10-6-11(2-3-12(10)17)8-19-16(24)14-7-13(20-9-21-14)15(23)18-4-5-22/h2-3,6-7,9,22H,4-5,8H2,1H3,(H,18,23)(H,19,24). The number of hydrogen-bond donors (Lipinski definition) is 3. The molecule has 0 aliphatic heterocycles. The molecule has 1 aromatic carbocycles. The lowest BCUT2D eigenvalue weighted by atomic mass is 10.1. The second-order valence-electron chi connectivity index (χ2n) is 5.03. The summed E-state index contributed by atoms with van der Waals surface area (Å²) < 4.78 is 13.2. The second kappa shape index (κ2) is 8.11. The van der Waals surface area contributed by atoms with Gasteiger partial charge in [-0.05, 0) is 24.1 Å². The molecule has 2 rings (SSSR count). The highest BCUT2D eigenvalue weighted by Crippen LogP contribution is 2.09. The minimum atomic E-state index is -0.505. The maximum absolute atomic E-state index is 13.2. The van der Waals surface area contributed by atoms with E-state index in [1.807, 2.05) is 0 Å². The van der Waals surface area contributed by atoms with E-state index in [1.165, 1.54) is 12.1 Å². The Hall–Kier alpha value is -2.87. The predicted molar refractivity (Wildman–Crippen MR) is 83.8 cm³/mol. The fraction of sp³-hybridized carbons (Fsp3) is 0.250. The zero-order chi connectivity index (χ0) is 17.5. The molecule has 0 aliphatic carbocycles. The van der Waals surface area contributed by atoms with Gasteiger partial charge in [0.15, 0.2) is 0 Å². The smallest absolute Gasteiger partial charge is 0.270 e. The van der Waals surface area contributed by atoms with Gasteiger partial charge in [-0.3, -0.25) is 9.59 Å². The van der Waals surface area contributed by atoms with Crippen molar-refractivity contribution in [3.8, 4) is 0 Å². The quantitative estimate of drug-likeness (QED) is 0.718. The van der Waals surface area contributed by atoms with Crippen LogP contribution in [0.2, 0.25) is 0 Å². The molecule has 2 aromatic rings. The third kappa shape index (κ3) is 4.56. The first kappa shape index (κ1) is 17.5. The number of hydrogen-bond acceptors (Lipinski definition) is 5. The van der Waals surface area contributed by atoms with Crippen LogP contribution < -0.4 is 10.6 Å². The fourth-order valence-electron chi connectivity index (χ4n) is 1.96. The minimum absolute atomic E-state index is 0.0289. The van der Waals surface area contributed by atoms with Gasteiger partial charge in [-0.1, -0.05) is 12.1 Å². The van der Waals surface area contributed by atoms with E-state index in [2.05, 4.69) is 20.6 Å². The number of amides is 2. The van der Waals surface area contributed by atoms with Crippen molar-refractivity contribution < 1.29 is 19.1 Å². The van der Waals surface area contributed by atoms with E-state index in [0.29, 0.717) is 5.56 Å². The first-order chi connectivity index (χ1) is 11.5. The molecule has 1 aromatic heterocycles. The van der Waals surface area contributed by atoms with Crippen molar-refractivity contribution in [1.29, 1.82) is 0 Å². The summed E-state index contributed by atoms with van der Waals surface area (Å²) in [6.07, 6.45) is 1.12. The molecule has 0 fully saturated rings. The van der Waals surface area contributed by atoms with Gasteiger partial charge in [0.2, 0.25) is 0 Å². The molecule has 2 amide bonds. The van der Waals surface area contributed by atoms with Crippen LogP contribution in [-0.2, 0) is 6.54 Å². The summed E-state index contributed by atoms with van der Waals surface area (Å²) in [6, 6.07) is 5.82. The average Bonchev–Trinajstić information content (AvgIpc) is 2.60. The van der Waals surface area contributed by atoms with Crippen LogP contribution >= 0.6 is 0 Å². The van der Waals surface area contributed by atoms with Gasteiger partial charge in [-0.15, -0.1) is 0 Å². The van der Waals surface area contributed by atoms with Gasteiger partial charge in [0.25, 0.3) is 11.8 Å². The summed E-state index contributed by atoms with van der Waals surface area (Å²) in [6.45, 7) is 1.74. The number of nitrogens with one attached hydrogen (secondary N) is 2. The van der Waals surface area contributed by atoms with E-state index in [4.69, 9.17) is 5.11 Å². The van der Waals surface area contributed by atoms with Crippen LogP contribution in [0.4, 0.5) is 4.39 Å². The molecule has 1 heterocycles. The van der Waals surface area contributed by atoms with Crippen LogP contribution in [0, 0.1) is 12.7 Å². The highest BCUT2D eigenvalue weighted by Gasteiger charge is 2.13. The largest absolute Gasteiger partial charge is 0.395 e. The van der Waals surface area contributed by atoms with Crippen molar-refractivity contribution in [2.24, 2.45) is 0 Å². The van der Waals surface area contributed by atoms with Crippen LogP contribution in [-0.4, -0.2) is 40.0 Å². The van der Waals surface area contributed by atoms with Crippen LogP contribution in [0.15, 0.2) is 30.6 Å². The molecule has 0 bridgehead atoms. The number of nitrogens with zero attached hydrogens (tertiary/aromatic N) is 2. The van der Waals surface area contributed by atoms with Gasteiger partial charge in [0, 0.05) is 19.2 Å². The third-order valence-electron chi connectivity index (χ3n) is 3.21. The SMILES string of the molecule is Cc1cc(CNC(=O)c2cc(C(=O)NCCO)ncn2)ccc1F. The summed E-state index contributed by atoms with van der Waals surface area (Å²) in [5, 5.41) is 13.8. The highest BCUT2D eigenvalue weighted by atomic mass is 19.1. The topological polar surface area (TPSA) is 104 Å². The second-order valence-corrected chi connectivity index (χ2v) is 5.03. The lowest BCUT2D eigenvalue weighted by Gasteiger charge is -2.07. The Kier molecular flexibility index (Phi) is 5.91. The zero-order valence-electron chi connectivity index (χ0n) is 13.0. The lowest BCUT2D eigenvalue weighted by molar-refractivity contribution is 0.0939. The molecular weight excluding hydrogens is 315 g/mol. The molecule has 7 nitrogen and oxygen atoms in total. The lowest BCUT2D eigenvalue weighted by Crippen LogP contribution is -2.28. The number of aromatic nitrogens is 2. The van der Waals surface area contributed by atoms with Gasteiger partial charge >= 0.3 is 0 Å². The van der Waals surface area contributed by atoms with Crippen molar-refractivity contribution in [3.05, 3.63) is 58.9 Å². The number of rotatable bonds is 6. The van der Waals surface area contributed by atoms with Crippen molar-refractivity contribution >= 4 is 11.8 Å². The van der Waals surface area contributed by atoms with E-state index in [9.17, 15) is 14.0 Å². The van der Waals surface area contributed by atoms with Crippen molar-refractivity contribution in [2.45, 2.75) is 13.5 Å². The molecule has 3 N–H and O–H groups in total. The van der Waals surface area contributed by atoms with E-state index in [-0.39, 0.29) is 36.9 Å². The Morgan fingerprint density at radius 3 is 2.42 bits per heavy atom. The summed E-state index contributed by atoms with van der Waals surface area (Å²) >= 11 is 0. The van der Waals surface area contributed by atoms with Crippen molar-refractivity contribution in [1.82, 2.24) is 20.6 Å². The third-order valence-corrected chi connectivity index (χ3v) is 3.21. The number of halogens is 1. The molecule has 24 heavy (non-hydrogen) atoms. The summed E-state index contributed by atoms with van der Waals surface area (Å²) in [5.41, 5.74) is 1.31. The molecular formula is C16H17FN4O3. The number of aryl methyl sites for hydroxylation is 1. The Morgan fingerprint density at radius 1 is 1.12 bits per heavy atom. The minimum Gasteiger partial charge on any atom is -0.395 e. The summed E-state index contributed by atoms with van der Waals surface area (Å²) in [5.74, 6) is -1.29. The van der Waals surface area contributed by atoms with E-state index in [1.54, 1.807) is 19.1 Å². The van der Waals surface area contributed by atoms with Gasteiger partial charge in [0.1, 0.15) is 23.5 Å². The monoisotopic (exact) mass is 332 g/mol. The first-order valence-corrected chi connectivity index (χ1v) is 7.25. The molecule has 0 saturated carbocycles. The maximum Gasteiger partial charge on any atom is 0.270 e. The van der Waals surface area contributed by atoms with Gasteiger partial charge in [0.05, 0.1) is 6.61 Å². The summed E-state index contributed by atoms with van der Waals surface area (Å²) in [4.78, 5) is 31.5. The number of benzene rings is 1. The number of aliphatic hydroxyl groups excluding tert-OH is 1. The van der Waals surface area contributed by atoms with Gasteiger partial charge < -0.3 is 15.7 Å². The predicted octanol–water partition coefficient (Wildman–Crippen LogP) is 0.576. The zero-order valence-corrected chi connectivity index (χ0v) is 13.0. The van der Waals surface area contributed by atoms with Crippen LogP contribution in [0.5, 0.6) is 0 Å². The van der Waals surface area contributed by atoms with E-state index >= 15 is 0 Å². The Labute approximate surface area is 137 Å². The van der Waals surface area contributed by atoms with Crippen LogP contribution in [0.25, 0.3) is 0 Å². The van der Waals surface area contributed by atoms with Crippen molar-refractivity contribution in [3.63, 3.8) is 0 Å². The van der Waals surface area contributed by atoms with Gasteiger partial charge in [-0.25, -0.2) is 14.4 Å². The molecule has 8 heteroatoms. The Balaban J connectivity index is 2.01. The van der Waals surface area contributed by atoms with Crippen molar-refractivity contribution in [2.75, 3.05) is 13.2 Å². The number of carbonyl (C=O) groups is 2. The molecule has 0 radical (unpaired) electrons. The molecule has 0 atom stereocenters. The number of aliphatic hydroxyl groups is 1. The summed E-state index contributed by atoms with van der Waals surface area (Å²) in [7, 11) is 0. The Morgan fingerprint density at radius 2 is 1.79 bits per heavy atom. The molecule has 0 aliphatic rings. The molecule has 0 saturated heterocycles. The normalized spacial score (nSPS) is 10.3. The number of carbonyl (C=O) groups excluding carboxylic acids is 2. The fourth-order valence-corrected chi connectivity index (χ4v) is 1.96. The molecule has 126 valence electrons. The molecule has 0 unspecified atom stereocenters. The molecule has 0 spiro atoms. The van der Waals surface area contributed by atoms with Gasteiger partial charge in [-0.2, -0.15) is 0 Å². The highest BCUT2D eigenvalue weighted by molar-refractivity contribution is 5.97. The Bertz CT molecular complexity index is 752. The first-order valence-electron chi connectivity index (χ1n) is 7.25.